The summed E-state index contributed by atoms with van der Waals surface area (Å²) in [6.07, 6.45) is 0. The zero-order chi connectivity index (χ0) is 18.8. The van der Waals surface area contributed by atoms with E-state index in [0.717, 1.165) is 37.6 Å². The molecule has 0 saturated carbocycles. The van der Waals surface area contributed by atoms with Crippen LogP contribution in [0.3, 0.4) is 0 Å². The molecule has 1 N–H and O–H groups in total. The molecular formula is C21H24N4O2. The summed E-state index contributed by atoms with van der Waals surface area (Å²) >= 11 is 0. The highest BCUT2D eigenvalue weighted by atomic mass is 16.5. The van der Waals surface area contributed by atoms with Gasteiger partial charge in [-0.3, -0.25) is 14.4 Å². The van der Waals surface area contributed by atoms with Crippen LogP contribution in [0.25, 0.3) is 10.8 Å². The van der Waals surface area contributed by atoms with E-state index < -0.39 is 0 Å². The van der Waals surface area contributed by atoms with Gasteiger partial charge in [0.2, 0.25) is 5.91 Å². The van der Waals surface area contributed by atoms with Crippen LogP contribution in [0, 0.1) is 0 Å². The number of ether oxygens (including phenoxy) is 1. The Morgan fingerprint density at radius 1 is 1.22 bits per heavy atom. The summed E-state index contributed by atoms with van der Waals surface area (Å²) in [5.74, 6) is 0.893. The maximum atomic E-state index is 11.1. The SMILES string of the molecule is COc1ccc2ccccc2c1CN1CCn2nc(CNC(C)=O)cc2C1. The molecule has 0 bridgehead atoms. The predicted octanol–water partition coefficient (Wildman–Crippen LogP) is 2.70. The fourth-order valence-electron chi connectivity index (χ4n) is 3.71. The van der Waals surface area contributed by atoms with Crippen LogP contribution in [0.4, 0.5) is 0 Å². The first-order valence-corrected chi connectivity index (χ1v) is 9.21. The molecule has 1 aromatic heterocycles. The Bertz CT molecular complexity index is 979. The van der Waals surface area contributed by atoms with Crippen LogP contribution >= 0.6 is 0 Å². The molecule has 2 heterocycles. The Labute approximate surface area is 158 Å². The predicted molar refractivity (Wildman–Crippen MR) is 104 cm³/mol. The number of carbonyl (C=O) groups is 1. The van der Waals surface area contributed by atoms with Crippen molar-refractivity contribution in [2.75, 3.05) is 13.7 Å². The van der Waals surface area contributed by atoms with Gasteiger partial charge in [0.15, 0.2) is 0 Å². The first kappa shape index (κ1) is 17.5. The van der Waals surface area contributed by atoms with E-state index in [2.05, 4.69) is 57.8 Å². The molecule has 0 atom stereocenters. The van der Waals surface area contributed by atoms with Crippen LogP contribution in [0.15, 0.2) is 42.5 Å². The van der Waals surface area contributed by atoms with Gasteiger partial charge >= 0.3 is 0 Å². The molecule has 0 fully saturated rings. The van der Waals surface area contributed by atoms with Crippen LogP contribution in [-0.4, -0.2) is 34.2 Å². The highest BCUT2D eigenvalue weighted by Gasteiger charge is 2.20. The Morgan fingerprint density at radius 2 is 2.07 bits per heavy atom. The third-order valence-electron chi connectivity index (χ3n) is 5.05. The fourth-order valence-corrected chi connectivity index (χ4v) is 3.71. The summed E-state index contributed by atoms with van der Waals surface area (Å²) in [6.45, 7) is 5.45. The highest BCUT2D eigenvalue weighted by Crippen LogP contribution is 2.30. The van der Waals surface area contributed by atoms with Gasteiger partial charge in [-0.25, -0.2) is 0 Å². The number of carbonyl (C=O) groups excluding carboxylic acids is 1. The molecule has 1 aliphatic rings. The van der Waals surface area contributed by atoms with Gasteiger partial charge < -0.3 is 10.1 Å². The molecule has 6 heteroatoms. The number of aromatic nitrogens is 2. The minimum Gasteiger partial charge on any atom is -0.496 e. The normalized spacial score (nSPS) is 14.1. The standard InChI is InChI=1S/C21H24N4O2/c1-15(26)22-12-17-11-18-13-24(9-10-25(18)23-17)14-20-19-6-4-3-5-16(19)7-8-21(20)27-2/h3-8,11H,9-10,12-14H2,1-2H3,(H,22,26). The molecule has 0 saturated heterocycles. The molecule has 140 valence electrons. The van der Waals surface area contributed by atoms with Crippen LogP contribution in [0.5, 0.6) is 5.75 Å². The van der Waals surface area contributed by atoms with Crippen LogP contribution in [0.2, 0.25) is 0 Å². The largest absolute Gasteiger partial charge is 0.496 e. The van der Waals surface area contributed by atoms with Crippen molar-refractivity contribution in [1.82, 2.24) is 20.0 Å². The van der Waals surface area contributed by atoms with Gasteiger partial charge in [-0.15, -0.1) is 0 Å². The van der Waals surface area contributed by atoms with E-state index in [9.17, 15) is 4.79 Å². The van der Waals surface area contributed by atoms with E-state index in [1.54, 1.807) is 7.11 Å². The Hall–Kier alpha value is -2.86. The Kier molecular flexibility index (Phi) is 4.81. The summed E-state index contributed by atoms with van der Waals surface area (Å²) in [4.78, 5) is 13.5. The number of rotatable bonds is 5. The molecule has 6 nitrogen and oxygen atoms in total. The van der Waals surface area contributed by atoms with Crippen molar-refractivity contribution < 1.29 is 9.53 Å². The lowest BCUT2D eigenvalue weighted by Gasteiger charge is -2.28. The van der Waals surface area contributed by atoms with Crippen LogP contribution in [-0.2, 0) is 31.0 Å². The third kappa shape index (κ3) is 3.66. The van der Waals surface area contributed by atoms with Crippen LogP contribution < -0.4 is 10.1 Å². The molecule has 0 unspecified atom stereocenters. The van der Waals surface area contributed by atoms with Crippen molar-refractivity contribution in [3.05, 3.63) is 59.4 Å². The number of methoxy groups -OCH3 is 1. The molecule has 3 aromatic rings. The Morgan fingerprint density at radius 3 is 2.89 bits per heavy atom. The molecule has 0 radical (unpaired) electrons. The third-order valence-corrected chi connectivity index (χ3v) is 5.05. The quantitative estimate of drug-likeness (QED) is 0.756. The average Bonchev–Trinajstić information content (AvgIpc) is 3.09. The summed E-state index contributed by atoms with van der Waals surface area (Å²) in [6, 6.07) is 14.7. The van der Waals surface area contributed by atoms with E-state index in [1.807, 2.05) is 4.68 Å². The number of amides is 1. The molecule has 0 spiro atoms. The first-order chi connectivity index (χ1) is 13.1. The number of benzene rings is 2. The molecule has 27 heavy (non-hydrogen) atoms. The van der Waals surface area contributed by atoms with Gasteiger partial charge in [0.25, 0.3) is 0 Å². The van der Waals surface area contributed by atoms with Crippen molar-refractivity contribution in [1.29, 1.82) is 0 Å². The van der Waals surface area contributed by atoms with Gasteiger partial charge in [-0.05, 0) is 22.9 Å². The summed E-state index contributed by atoms with van der Waals surface area (Å²) in [7, 11) is 1.73. The van der Waals surface area contributed by atoms with Gasteiger partial charge in [0.05, 0.1) is 31.6 Å². The molecule has 2 aromatic carbocycles. The van der Waals surface area contributed by atoms with E-state index >= 15 is 0 Å². The van der Waals surface area contributed by atoms with Crippen molar-refractivity contribution in [2.24, 2.45) is 0 Å². The number of nitrogens with one attached hydrogen (secondary N) is 1. The second-order valence-corrected chi connectivity index (χ2v) is 6.94. The van der Waals surface area contributed by atoms with Crippen molar-refractivity contribution in [3.8, 4) is 5.75 Å². The zero-order valence-corrected chi connectivity index (χ0v) is 15.7. The van der Waals surface area contributed by atoms with Crippen molar-refractivity contribution in [3.63, 3.8) is 0 Å². The first-order valence-electron chi connectivity index (χ1n) is 9.21. The van der Waals surface area contributed by atoms with E-state index in [4.69, 9.17) is 4.74 Å². The number of hydrogen-bond donors (Lipinski definition) is 1. The van der Waals surface area contributed by atoms with E-state index in [0.29, 0.717) is 6.54 Å². The van der Waals surface area contributed by atoms with Gasteiger partial charge in [-0.2, -0.15) is 5.10 Å². The lowest BCUT2D eigenvalue weighted by Crippen LogP contribution is -2.33. The minimum absolute atomic E-state index is 0.0364. The number of hydrogen-bond acceptors (Lipinski definition) is 4. The molecular weight excluding hydrogens is 340 g/mol. The smallest absolute Gasteiger partial charge is 0.217 e. The molecule has 1 aliphatic heterocycles. The van der Waals surface area contributed by atoms with E-state index in [1.165, 1.54) is 29.0 Å². The van der Waals surface area contributed by atoms with Gasteiger partial charge in [-0.1, -0.05) is 30.3 Å². The van der Waals surface area contributed by atoms with Crippen molar-refractivity contribution in [2.45, 2.75) is 33.1 Å². The van der Waals surface area contributed by atoms with Gasteiger partial charge in [0, 0.05) is 32.1 Å². The number of nitrogens with zero attached hydrogens (tertiary/aromatic N) is 3. The maximum absolute atomic E-state index is 11.1. The monoisotopic (exact) mass is 364 g/mol. The minimum atomic E-state index is -0.0364. The Balaban J connectivity index is 1.55. The zero-order valence-electron chi connectivity index (χ0n) is 15.7. The summed E-state index contributed by atoms with van der Waals surface area (Å²) in [5.41, 5.74) is 3.31. The maximum Gasteiger partial charge on any atom is 0.217 e. The van der Waals surface area contributed by atoms with E-state index in [-0.39, 0.29) is 5.91 Å². The summed E-state index contributed by atoms with van der Waals surface area (Å²) < 4.78 is 7.69. The molecule has 0 aliphatic carbocycles. The van der Waals surface area contributed by atoms with Crippen LogP contribution in [0.1, 0.15) is 23.9 Å². The highest BCUT2D eigenvalue weighted by molar-refractivity contribution is 5.87. The molecule has 4 rings (SSSR count). The second kappa shape index (κ2) is 7.40. The summed E-state index contributed by atoms with van der Waals surface area (Å²) in [5, 5.41) is 9.88. The average molecular weight is 364 g/mol. The van der Waals surface area contributed by atoms with Gasteiger partial charge in [0.1, 0.15) is 5.75 Å². The fraction of sp³-hybridized carbons (Fsp3) is 0.333. The second-order valence-electron chi connectivity index (χ2n) is 6.94. The lowest BCUT2D eigenvalue weighted by molar-refractivity contribution is -0.119. The number of fused-ring (bicyclic) bond motifs is 2. The molecule has 1 amide bonds. The lowest BCUT2D eigenvalue weighted by atomic mass is 10.0. The van der Waals surface area contributed by atoms with Crippen molar-refractivity contribution >= 4 is 16.7 Å². The topological polar surface area (TPSA) is 59.4 Å².